The zero-order valence-corrected chi connectivity index (χ0v) is 10.2. The average Bonchev–Trinajstić information content (AvgIpc) is 2.84. The first kappa shape index (κ1) is 13.3. The van der Waals surface area contributed by atoms with Gasteiger partial charge in [-0.15, -0.1) is 12.4 Å². The summed E-state index contributed by atoms with van der Waals surface area (Å²) in [4.78, 5) is 24.6. The van der Waals surface area contributed by atoms with Crippen molar-refractivity contribution in [3.8, 4) is 0 Å². The van der Waals surface area contributed by atoms with Gasteiger partial charge in [-0.05, 0) is 12.8 Å². The first-order valence-corrected chi connectivity index (χ1v) is 5.42. The fourth-order valence-corrected chi connectivity index (χ4v) is 1.57. The van der Waals surface area contributed by atoms with E-state index in [1.807, 2.05) is 0 Å². The van der Waals surface area contributed by atoms with Gasteiger partial charge in [-0.1, -0.05) is 0 Å². The van der Waals surface area contributed by atoms with Crippen molar-refractivity contribution in [1.29, 1.82) is 0 Å². The Hall–Kier alpha value is -0.810. The molecule has 1 heterocycles. The van der Waals surface area contributed by atoms with Crippen molar-refractivity contribution in [2.45, 2.75) is 18.9 Å². The van der Waals surface area contributed by atoms with Crippen molar-refractivity contribution in [1.82, 2.24) is 15.5 Å². The molecule has 0 bridgehead atoms. The normalized spacial score (nSPS) is 19.3. The van der Waals surface area contributed by atoms with Crippen LogP contribution in [-0.2, 0) is 9.59 Å². The summed E-state index contributed by atoms with van der Waals surface area (Å²) in [6, 6.07) is 0.367. The van der Waals surface area contributed by atoms with Crippen LogP contribution in [0.3, 0.4) is 0 Å². The zero-order chi connectivity index (χ0) is 10.8. The van der Waals surface area contributed by atoms with Crippen LogP contribution in [0.5, 0.6) is 0 Å². The molecule has 0 unspecified atom stereocenters. The fourth-order valence-electron chi connectivity index (χ4n) is 1.57. The van der Waals surface area contributed by atoms with Gasteiger partial charge < -0.3 is 15.5 Å². The third-order valence-corrected chi connectivity index (χ3v) is 2.83. The number of nitrogens with zero attached hydrogens (tertiary/aromatic N) is 1. The number of rotatable bonds is 4. The molecule has 1 aliphatic carbocycles. The number of carbonyl (C=O) groups is 2. The number of likely N-dealkylation sites (N-methyl/N-ethyl adjacent to an activating group) is 1. The van der Waals surface area contributed by atoms with Gasteiger partial charge in [-0.3, -0.25) is 9.59 Å². The maximum atomic E-state index is 11.7. The van der Waals surface area contributed by atoms with Crippen LogP contribution in [0, 0.1) is 5.92 Å². The lowest BCUT2D eigenvalue weighted by Crippen LogP contribution is -2.52. The number of nitrogens with one attached hydrogen (secondary N) is 2. The molecule has 1 saturated carbocycles. The molecular weight excluding hydrogens is 230 g/mol. The minimum absolute atomic E-state index is 0. The predicted molar refractivity (Wildman–Crippen MR) is 62.4 cm³/mol. The highest BCUT2D eigenvalue weighted by molar-refractivity contribution is 5.86. The fraction of sp³-hybridized carbons (Fsp3) is 0.800. The van der Waals surface area contributed by atoms with Crippen molar-refractivity contribution in [3.63, 3.8) is 0 Å². The Labute approximate surface area is 101 Å². The summed E-state index contributed by atoms with van der Waals surface area (Å²) < 4.78 is 0. The predicted octanol–water partition coefficient (Wildman–Crippen LogP) is -0.635. The van der Waals surface area contributed by atoms with Crippen LogP contribution in [0.4, 0.5) is 0 Å². The van der Waals surface area contributed by atoms with Crippen LogP contribution in [0.1, 0.15) is 12.8 Å². The van der Waals surface area contributed by atoms with Gasteiger partial charge in [-0.25, -0.2) is 0 Å². The molecular formula is C10H18ClN3O2. The molecule has 0 spiro atoms. The molecule has 0 atom stereocenters. The summed E-state index contributed by atoms with van der Waals surface area (Å²) in [7, 11) is 1.69. The second-order valence-electron chi connectivity index (χ2n) is 4.39. The van der Waals surface area contributed by atoms with E-state index in [4.69, 9.17) is 0 Å². The van der Waals surface area contributed by atoms with Crippen LogP contribution < -0.4 is 10.6 Å². The highest BCUT2D eigenvalue weighted by Gasteiger charge is 2.29. The molecule has 1 saturated heterocycles. The SMILES string of the molecule is CN(CC(=O)NC1CC1)C(=O)C1CNC1.Cl. The topological polar surface area (TPSA) is 61.4 Å². The molecule has 2 aliphatic rings. The summed E-state index contributed by atoms with van der Waals surface area (Å²) in [5.41, 5.74) is 0. The Morgan fingerprint density at radius 1 is 1.38 bits per heavy atom. The zero-order valence-electron chi connectivity index (χ0n) is 9.36. The third-order valence-electron chi connectivity index (χ3n) is 2.83. The monoisotopic (exact) mass is 247 g/mol. The summed E-state index contributed by atoms with van der Waals surface area (Å²) in [6.07, 6.45) is 2.16. The van der Waals surface area contributed by atoms with Gasteiger partial charge in [-0.2, -0.15) is 0 Å². The molecule has 0 aromatic heterocycles. The molecule has 5 nitrogen and oxygen atoms in total. The van der Waals surface area contributed by atoms with Crippen LogP contribution >= 0.6 is 12.4 Å². The lowest BCUT2D eigenvalue weighted by molar-refractivity contribution is -0.139. The number of amides is 2. The number of halogens is 1. The smallest absolute Gasteiger partial charge is 0.239 e. The highest BCUT2D eigenvalue weighted by Crippen LogP contribution is 2.18. The Kier molecular flexibility index (Phi) is 4.56. The molecule has 2 N–H and O–H groups in total. The second-order valence-corrected chi connectivity index (χ2v) is 4.39. The minimum atomic E-state index is -0.0411. The van der Waals surface area contributed by atoms with E-state index in [-0.39, 0.29) is 36.7 Å². The molecule has 2 fully saturated rings. The third kappa shape index (κ3) is 3.35. The van der Waals surface area contributed by atoms with E-state index in [0.717, 1.165) is 25.9 Å². The Morgan fingerprint density at radius 2 is 2.00 bits per heavy atom. The average molecular weight is 248 g/mol. The van der Waals surface area contributed by atoms with Crippen molar-refractivity contribution in [2.75, 3.05) is 26.7 Å². The maximum absolute atomic E-state index is 11.7. The van der Waals surface area contributed by atoms with Gasteiger partial charge in [0.2, 0.25) is 11.8 Å². The molecule has 2 amide bonds. The summed E-state index contributed by atoms with van der Waals surface area (Å²) in [5, 5.41) is 5.91. The van der Waals surface area contributed by atoms with E-state index in [1.54, 1.807) is 7.05 Å². The van der Waals surface area contributed by atoms with Crippen LogP contribution in [0.2, 0.25) is 0 Å². The summed E-state index contributed by atoms with van der Waals surface area (Å²) in [5.74, 6) is 0.101. The largest absolute Gasteiger partial charge is 0.352 e. The molecule has 1 aliphatic heterocycles. The van der Waals surface area contributed by atoms with E-state index in [1.165, 1.54) is 4.90 Å². The van der Waals surface area contributed by atoms with Gasteiger partial charge in [0.15, 0.2) is 0 Å². The Balaban J connectivity index is 0.00000128. The number of hydrogen-bond donors (Lipinski definition) is 2. The number of hydrogen-bond acceptors (Lipinski definition) is 3. The molecule has 0 aromatic rings. The second kappa shape index (κ2) is 5.50. The minimum Gasteiger partial charge on any atom is -0.352 e. The first-order valence-electron chi connectivity index (χ1n) is 5.42. The Morgan fingerprint density at radius 3 is 2.44 bits per heavy atom. The van der Waals surface area contributed by atoms with Crippen LogP contribution in [-0.4, -0.2) is 49.4 Å². The standard InChI is InChI=1S/C10H17N3O2.ClH/c1-13(10(15)7-4-11-5-7)6-9(14)12-8-2-3-8;/h7-8,11H,2-6H2,1H3,(H,12,14);1H. The van der Waals surface area contributed by atoms with E-state index in [0.29, 0.717) is 6.04 Å². The van der Waals surface area contributed by atoms with Gasteiger partial charge >= 0.3 is 0 Å². The molecule has 6 heteroatoms. The molecule has 0 radical (unpaired) electrons. The molecule has 16 heavy (non-hydrogen) atoms. The van der Waals surface area contributed by atoms with E-state index >= 15 is 0 Å². The van der Waals surface area contributed by atoms with Crippen LogP contribution in [0.15, 0.2) is 0 Å². The lowest BCUT2D eigenvalue weighted by Gasteiger charge is -2.29. The van der Waals surface area contributed by atoms with Crippen molar-refractivity contribution >= 4 is 24.2 Å². The summed E-state index contributed by atoms with van der Waals surface area (Å²) in [6.45, 7) is 1.67. The van der Waals surface area contributed by atoms with Gasteiger partial charge in [0.25, 0.3) is 0 Å². The van der Waals surface area contributed by atoms with Gasteiger partial charge in [0, 0.05) is 26.2 Å². The molecule has 92 valence electrons. The number of carbonyl (C=O) groups excluding carboxylic acids is 2. The van der Waals surface area contributed by atoms with Gasteiger partial charge in [0.1, 0.15) is 0 Å². The van der Waals surface area contributed by atoms with Crippen molar-refractivity contribution in [3.05, 3.63) is 0 Å². The highest BCUT2D eigenvalue weighted by atomic mass is 35.5. The Bertz CT molecular complexity index is 277. The van der Waals surface area contributed by atoms with E-state index in [2.05, 4.69) is 10.6 Å². The maximum Gasteiger partial charge on any atom is 0.239 e. The van der Waals surface area contributed by atoms with Gasteiger partial charge in [0.05, 0.1) is 12.5 Å². The van der Waals surface area contributed by atoms with Crippen LogP contribution in [0.25, 0.3) is 0 Å². The first-order chi connectivity index (χ1) is 7.16. The summed E-state index contributed by atoms with van der Waals surface area (Å²) >= 11 is 0. The van der Waals surface area contributed by atoms with E-state index in [9.17, 15) is 9.59 Å². The lowest BCUT2D eigenvalue weighted by atomic mass is 10.0. The van der Waals surface area contributed by atoms with Crippen molar-refractivity contribution < 1.29 is 9.59 Å². The van der Waals surface area contributed by atoms with Crippen molar-refractivity contribution in [2.24, 2.45) is 5.92 Å². The molecule has 2 rings (SSSR count). The quantitative estimate of drug-likeness (QED) is 0.695. The van der Waals surface area contributed by atoms with E-state index < -0.39 is 0 Å². The molecule has 0 aromatic carbocycles.